The zero-order chi connectivity index (χ0) is 11.1. The SMILES string of the molecule is CCCCC(NCC1CCOC1)C(=O)O. The Kier molecular flexibility index (Phi) is 5.65. The van der Waals surface area contributed by atoms with Gasteiger partial charge in [0, 0.05) is 13.2 Å². The lowest BCUT2D eigenvalue weighted by molar-refractivity contribution is -0.139. The molecule has 0 bridgehead atoms. The largest absolute Gasteiger partial charge is 0.480 e. The maximum Gasteiger partial charge on any atom is 0.320 e. The van der Waals surface area contributed by atoms with E-state index in [0.29, 0.717) is 5.92 Å². The summed E-state index contributed by atoms with van der Waals surface area (Å²) in [6, 6.07) is -0.384. The average molecular weight is 215 g/mol. The van der Waals surface area contributed by atoms with Crippen LogP contribution in [0, 0.1) is 5.92 Å². The smallest absolute Gasteiger partial charge is 0.320 e. The van der Waals surface area contributed by atoms with Gasteiger partial charge in [0.1, 0.15) is 6.04 Å². The van der Waals surface area contributed by atoms with Gasteiger partial charge in [-0.3, -0.25) is 4.79 Å². The summed E-state index contributed by atoms with van der Waals surface area (Å²) in [7, 11) is 0. The van der Waals surface area contributed by atoms with E-state index in [9.17, 15) is 4.79 Å². The molecule has 4 nitrogen and oxygen atoms in total. The molecule has 2 atom stereocenters. The Labute approximate surface area is 91.0 Å². The Morgan fingerprint density at radius 2 is 2.47 bits per heavy atom. The van der Waals surface area contributed by atoms with E-state index in [2.05, 4.69) is 12.2 Å². The molecule has 2 unspecified atom stereocenters. The lowest BCUT2D eigenvalue weighted by Crippen LogP contribution is -2.39. The number of unbranched alkanes of at least 4 members (excludes halogenated alkanes) is 1. The Morgan fingerprint density at radius 3 is 3.00 bits per heavy atom. The summed E-state index contributed by atoms with van der Waals surface area (Å²) in [6.07, 6.45) is 3.77. The molecule has 88 valence electrons. The van der Waals surface area contributed by atoms with Crippen LogP contribution in [0.15, 0.2) is 0 Å². The molecule has 1 rings (SSSR count). The molecular weight excluding hydrogens is 194 g/mol. The summed E-state index contributed by atoms with van der Waals surface area (Å²) in [5.74, 6) is -0.240. The van der Waals surface area contributed by atoms with Crippen LogP contribution in [-0.2, 0) is 9.53 Å². The summed E-state index contributed by atoms with van der Waals surface area (Å²) < 4.78 is 5.24. The summed E-state index contributed by atoms with van der Waals surface area (Å²) in [5.41, 5.74) is 0. The van der Waals surface area contributed by atoms with E-state index in [4.69, 9.17) is 9.84 Å². The lowest BCUT2D eigenvalue weighted by atomic mass is 10.1. The summed E-state index contributed by atoms with van der Waals surface area (Å²) in [6.45, 7) is 4.43. The summed E-state index contributed by atoms with van der Waals surface area (Å²) in [4.78, 5) is 10.9. The molecule has 0 aliphatic carbocycles. The van der Waals surface area contributed by atoms with Gasteiger partial charge in [0.15, 0.2) is 0 Å². The second-order valence-electron chi connectivity index (χ2n) is 4.17. The third-order valence-corrected chi connectivity index (χ3v) is 2.82. The van der Waals surface area contributed by atoms with Crippen LogP contribution in [0.3, 0.4) is 0 Å². The predicted molar refractivity (Wildman–Crippen MR) is 57.9 cm³/mol. The molecule has 0 aromatic carbocycles. The van der Waals surface area contributed by atoms with Gasteiger partial charge >= 0.3 is 5.97 Å². The highest BCUT2D eigenvalue weighted by Gasteiger charge is 2.20. The molecule has 1 heterocycles. The van der Waals surface area contributed by atoms with Crippen LogP contribution in [0.4, 0.5) is 0 Å². The van der Waals surface area contributed by atoms with Crippen LogP contribution >= 0.6 is 0 Å². The Bertz CT molecular complexity index is 190. The van der Waals surface area contributed by atoms with E-state index >= 15 is 0 Å². The topological polar surface area (TPSA) is 58.6 Å². The van der Waals surface area contributed by atoms with Crippen molar-refractivity contribution in [1.82, 2.24) is 5.32 Å². The third-order valence-electron chi connectivity index (χ3n) is 2.82. The van der Waals surface area contributed by atoms with Gasteiger partial charge in [-0.1, -0.05) is 19.8 Å². The molecule has 1 saturated heterocycles. The van der Waals surface area contributed by atoms with Gasteiger partial charge in [0.2, 0.25) is 0 Å². The maximum atomic E-state index is 10.9. The van der Waals surface area contributed by atoms with Crippen molar-refractivity contribution in [2.75, 3.05) is 19.8 Å². The first-order chi connectivity index (χ1) is 7.24. The first-order valence-electron chi connectivity index (χ1n) is 5.78. The fourth-order valence-electron chi connectivity index (χ4n) is 1.77. The van der Waals surface area contributed by atoms with Crippen LogP contribution in [0.2, 0.25) is 0 Å². The molecule has 1 fully saturated rings. The number of nitrogens with one attached hydrogen (secondary N) is 1. The van der Waals surface area contributed by atoms with Gasteiger partial charge < -0.3 is 15.2 Å². The molecule has 1 aliphatic rings. The monoisotopic (exact) mass is 215 g/mol. The third kappa shape index (κ3) is 4.62. The lowest BCUT2D eigenvalue weighted by Gasteiger charge is -2.16. The predicted octanol–water partition coefficient (Wildman–Crippen LogP) is 1.26. The highest BCUT2D eigenvalue weighted by atomic mass is 16.5. The van der Waals surface area contributed by atoms with Gasteiger partial charge in [-0.25, -0.2) is 0 Å². The van der Waals surface area contributed by atoms with Gasteiger partial charge in [-0.15, -0.1) is 0 Å². The first-order valence-corrected chi connectivity index (χ1v) is 5.78. The van der Waals surface area contributed by atoms with Gasteiger partial charge in [0.25, 0.3) is 0 Å². The van der Waals surface area contributed by atoms with Crippen molar-refractivity contribution in [1.29, 1.82) is 0 Å². The van der Waals surface area contributed by atoms with Crippen LogP contribution in [0.1, 0.15) is 32.6 Å². The van der Waals surface area contributed by atoms with Crippen LogP contribution < -0.4 is 5.32 Å². The average Bonchev–Trinajstić information content (AvgIpc) is 2.70. The molecule has 0 aromatic heterocycles. The highest BCUT2D eigenvalue weighted by Crippen LogP contribution is 2.11. The van der Waals surface area contributed by atoms with Crippen molar-refractivity contribution in [3.05, 3.63) is 0 Å². The van der Waals surface area contributed by atoms with E-state index in [1.54, 1.807) is 0 Å². The number of hydrogen-bond acceptors (Lipinski definition) is 3. The van der Waals surface area contributed by atoms with Crippen LogP contribution in [-0.4, -0.2) is 36.9 Å². The molecule has 2 N–H and O–H groups in total. The molecule has 4 heteroatoms. The van der Waals surface area contributed by atoms with Crippen molar-refractivity contribution in [2.24, 2.45) is 5.92 Å². The minimum absolute atomic E-state index is 0.384. The van der Waals surface area contributed by atoms with Crippen molar-refractivity contribution in [2.45, 2.75) is 38.6 Å². The Balaban J connectivity index is 2.20. The zero-order valence-electron chi connectivity index (χ0n) is 9.37. The first kappa shape index (κ1) is 12.5. The van der Waals surface area contributed by atoms with Crippen molar-refractivity contribution in [3.8, 4) is 0 Å². The van der Waals surface area contributed by atoms with Crippen LogP contribution in [0.25, 0.3) is 0 Å². The second-order valence-corrected chi connectivity index (χ2v) is 4.17. The van der Waals surface area contributed by atoms with Gasteiger partial charge in [-0.05, 0) is 18.8 Å². The number of hydrogen-bond donors (Lipinski definition) is 2. The number of rotatable bonds is 7. The fraction of sp³-hybridized carbons (Fsp3) is 0.909. The molecular formula is C11H21NO3. The molecule has 1 aliphatic heterocycles. The Morgan fingerprint density at radius 1 is 1.67 bits per heavy atom. The van der Waals surface area contributed by atoms with E-state index in [-0.39, 0.29) is 6.04 Å². The maximum absolute atomic E-state index is 10.9. The number of carboxylic acids is 1. The molecule has 0 radical (unpaired) electrons. The second kappa shape index (κ2) is 6.80. The van der Waals surface area contributed by atoms with Crippen LogP contribution in [0.5, 0.6) is 0 Å². The number of carbonyl (C=O) groups is 1. The van der Waals surface area contributed by atoms with E-state index in [0.717, 1.165) is 45.4 Å². The molecule has 0 saturated carbocycles. The standard InChI is InChI=1S/C11H21NO3/c1-2-3-4-10(11(13)14)12-7-9-5-6-15-8-9/h9-10,12H,2-8H2,1H3,(H,13,14). The number of carboxylic acid groups (broad SMARTS) is 1. The zero-order valence-corrected chi connectivity index (χ0v) is 9.37. The number of ether oxygens (including phenoxy) is 1. The van der Waals surface area contributed by atoms with Crippen molar-refractivity contribution < 1.29 is 14.6 Å². The molecule has 0 aromatic rings. The normalized spacial score (nSPS) is 22.9. The minimum atomic E-state index is -0.734. The summed E-state index contributed by atoms with van der Waals surface area (Å²) >= 11 is 0. The van der Waals surface area contributed by atoms with Gasteiger partial charge in [-0.2, -0.15) is 0 Å². The van der Waals surface area contributed by atoms with E-state index in [1.807, 2.05) is 0 Å². The van der Waals surface area contributed by atoms with Crippen molar-refractivity contribution >= 4 is 5.97 Å². The van der Waals surface area contributed by atoms with E-state index in [1.165, 1.54) is 0 Å². The molecule has 0 amide bonds. The molecule has 0 spiro atoms. The highest BCUT2D eigenvalue weighted by molar-refractivity contribution is 5.73. The fourth-order valence-corrected chi connectivity index (χ4v) is 1.77. The van der Waals surface area contributed by atoms with Crippen molar-refractivity contribution in [3.63, 3.8) is 0 Å². The quantitative estimate of drug-likeness (QED) is 0.671. The number of aliphatic carboxylic acids is 1. The Hall–Kier alpha value is -0.610. The summed E-state index contributed by atoms with van der Waals surface area (Å²) in [5, 5.41) is 12.1. The minimum Gasteiger partial charge on any atom is -0.480 e. The molecule has 15 heavy (non-hydrogen) atoms. The van der Waals surface area contributed by atoms with E-state index < -0.39 is 5.97 Å². The van der Waals surface area contributed by atoms with Gasteiger partial charge in [0.05, 0.1) is 6.61 Å².